The van der Waals surface area contributed by atoms with Crippen LogP contribution in [-0.2, 0) is 4.79 Å². The van der Waals surface area contributed by atoms with E-state index in [4.69, 9.17) is 0 Å². The normalized spacial score (nSPS) is 16.3. The molecule has 9 heteroatoms. The van der Waals surface area contributed by atoms with Crippen LogP contribution in [0.2, 0.25) is 0 Å². The number of para-hydroxylation sites is 1. The van der Waals surface area contributed by atoms with Crippen molar-refractivity contribution in [1.82, 2.24) is 30.4 Å². The summed E-state index contributed by atoms with van der Waals surface area (Å²) >= 11 is 0. The van der Waals surface area contributed by atoms with Gasteiger partial charge in [0, 0.05) is 18.1 Å². The van der Waals surface area contributed by atoms with Gasteiger partial charge >= 0.3 is 0 Å². The van der Waals surface area contributed by atoms with Crippen molar-refractivity contribution in [3.8, 4) is 0 Å². The number of Topliss-reactive ketones (excluding diaryl/α,β-unsaturated/α-hetero) is 1. The molecule has 3 heterocycles. The van der Waals surface area contributed by atoms with Gasteiger partial charge in [-0.2, -0.15) is 5.10 Å². The molecule has 1 aliphatic rings. The fraction of sp³-hybridized carbons (Fsp3) is 0.263. The predicted molar refractivity (Wildman–Crippen MR) is 99.5 cm³/mol. The highest BCUT2D eigenvalue weighted by atomic mass is 16.2. The number of ketones is 1. The van der Waals surface area contributed by atoms with Crippen LogP contribution >= 0.6 is 0 Å². The van der Waals surface area contributed by atoms with Gasteiger partial charge in [0.1, 0.15) is 6.33 Å². The molecule has 0 aliphatic carbocycles. The molecule has 2 amide bonds. The second kappa shape index (κ2) is 7.55. The molecule has 1 atom stereocenters. The number of nitrogens with zero attached hydrogens (tertiary/aromatic N) is 4. The minimum absolute atomic E-state index is 0.136. The summed E-state index contributed by atoms with van der Waals surface area (Å²) in [6, 6.07) is 8.34. The van der Waals surface area contributed by atoms with Gasteiger partial charge < -0.3 is 10.2 Å². The molecule has 1 aliphatic heterocycles. The van der Waals surface area contributed by atoms with Gasteiger partial charge in [-0.25, -0.2) is 4.98 Å². The van der Waals surface area contributed by atoms with Crippen LogP contribution < -0.4 is 5.32 Å². The first-order valence-electron chi connectivity index (χ1n) is 8.96. The summed E-state index contributed by atoms with van der Waals surface area (Å²) in [5.41, 5.74) is 1.16. The lowest BCUT2D eigenvalue weighted by molar-refractivity contribution is -0.130. The highest BCUT2D eigenvalue weighted by molar-refractivity contribution is 6.07. The summed E-state index contributed by atoms with van der Waals surface area (Å²) in [6.45, 7) is 0.285. The van der Waals surface area contributed by atoms with Gasteiger partial charge in [0.25, 0.3) is 5.91 Å². The molecular formula is C19H18N6O3. The number of benzene rings is 1. The van der Waals surface area contributed by atoms with Crippen molar-refractivity contribution in [2.75, 3.05) is 13.1 Å². The van der Waals surface area contributed by atoms with Crippen molar-refractivity contribution in [2.45, 2.75) is 18.9 Å². The third-order valence-electron chi connectivity index (χ3n) is 4.82. The number of rotatable bonds is 5. The Morgan fingerprint density at radius 1 is 1.18 bits per heavy atom. The van der Waals surface area contributed by atoms with E-state index < -0.39 is 6.04 Å². The van der Waals surface area contributed by atoms with E-state index in [9.17, 15) is 14.4 Å². The number of pyridine rings is 1. The first kappa shape index (κ1) is 17.8. The molecule has 3 aromatic rings. The zero-order valence-corrected chi connectivity index (χ0v) is 15.0. The molecule has 1 aromatic carbocycles. The number of hydrogen-bond acceptors (Lipinski definition) is 6. The minimum atomic E-state index is -0.584. The quantitative estimate of drug-likeness (QED) is 0.638. The van der Waals surface area contributed by atoms with Gasteiger partial charge in [-0.15, -0.1) is 0 Å². The maximum Gasteiger partial charge on any atom is 0.252 e. The van der Waals surface area contributed by atoms with Crippen LogP contribution in [0, 0.1) is 0 Å². The number of aromatic amines is 1. The maximum atomic E-state index is 12.6. The standard InChI is InChI=1S/C19H18N6O3/c26-16(25-9-3-6-15(25)17(27)18-22-11-23-24-18)10-21-19(28)13-7-8-20-14-5-2-1-4-12(13)14/h1-2,4-5,7-8,11,15H,3,6,9-10H2,(H,21,28)(H,22,23,24). The first-order chi connectivity index (χ1) is 13.6. The van der Waals surface area contributed by atoms with Gasteiger partial charge in [-0.1, -0.05) is 18.2 Å². The van der Waals surface area contributed by atoms with Gasteiger partial charge in [-0.3, -0.25) is 24.5 Å². The van der Waals surface area contributed by atoms with Crippen LogP contribution in [0.15, 0.2) is 42.9 Å². The Morgan fingerprint density at radius 2 is 2.04 bits per heavy atom. The zero-order valence-electron chi connectivity index (χ0n) is 15.0. The van der Waals surface area contributed by atoms with Crippen LogP contribution in [-0.4, -0.2) is 61.8 Å². The Balaban J connectivity index is 1.43. The number of hydrogen-bond donors (Lipinski definition) is 2. The molecule has 1 unspecified atom stereocenters. The Hall–Kier alpha value is -3.62. The SMILES string of the molecule is O=C(NCC(=O)N1CCCC1C(=O)c1ncn[nH]1)c1ccnc2ccccc12. The lowest BCUT2D eigenvalue weighted by atomic mass is 10.1. The minimum Gasteiger partial charge on any atom is -0.343 e. The van der Waals surface area contributed by atoms with Crippen molar-refractivity contribution in [3.63, 3.8) is 0 Å². The van der Waals surface area contributed by atoms with Crippen LogP contribution in [0.4, 0.5) is 0 Å². The third-order valence-corrected chi connectivity index (χ3v) is 4.82. The smallest absolute Gasteiger partial charge is 0.252 e. The topological polar surface area (TPSA) is 121 Å². The Bertz CT molecular complexity index is 1030. The molecule has 1 fully saturated rings. The van der Waals surface area contributed by atoms with E-state index in [0.717, 1.165) is 11.8 Å². The van der Waals surface area contributed by atoms with E-state index in [0.29, 0.717) is 24.0 Å². The summed E-state index contributed by atoms with van der Waals surface area (Å²) in [5.74, 6) is -0.793. The van der Waals surface area contributed by atoms with E-state index in [-0.39, 0.29) is 30.0 Å². The number of carbonyl (C=O) groups is 3. The number of carbonyl (C=O) groups excluding carboxylic acids is 3. The highest BCUT2D eigenvalue weighted by Crippen LogP contribution is 2.20. The maximum absolute atomic E-state index is 12.6. The number of nitrogens with one attached hydrogen (secondary N) is 2. The molecule has 0 saturated carbocycles. The molecule has 4 rings (SSSR count). The lowest BCUT2D eigenvalue weighted by Crippen LogP contribution is -2.45. The highest BCUT2D eigenvalue weighted by Gasteiger charge is 2.35. The molecular weight excluding hydrogens is 360 g/mol. The summed E-state index contributed by atoms with van der Waals surface area (Å²) in [7, 11) is 0. The third kappa shape index (κ3) is 3.34. The Labute approximate surface area is 160 Å². The van der Waals surface area contributed by atoms with E-state index >= 15 is 0 Å². The average molecular weight is 378 g/mol. The molecule has 0 radical (unpaired) electrons. The number of H-pyrrole nitrogens is 1. The van der Waals surface area contributed by atoms with Crippen molar-refractivity contribution in [1.29, 1.82) is 0 Å². The summed E-state index contributed by atoms with van der Waals surface area (Å²) in [4.78, 5) is 47.3. The van der Waals surface area contributed by atoms with Crippen molar-refractivity contribution < 1.29 is 14.4 Å². The van der Waals surface area contributed by atoms with Crippen molar-refractivity contribution in [2.24, 2.45) is 0 Å². The fourth-order valence-electron chi connectivity index (χ4n) is 3.47. The van der Waals surface area contributed by atoms with Crippen molar-refractivity contribution in [3.05, 3.63) is 54.2 Å². The van der Waals surface area contributed by atoms with Gasteiger partial charge in [-0.05, 0) is 25.0 Å². The van der Waals surface area contributed by atoms with E-state index in [2.05, 4.69) is 25.5 Å². The number of likely N-dealkylation sites (tertiary alicyclic amines) is 1. The molecule has 2 aromatic heterocycles. The van der Waals surface area contributed by atoms with Crippen molar-refractivity contribution >= 4 is 28.5 Å². The average Bonchev–Trinajstić information content (AvgIpc) is 3.43. The Kier molecular flexibility index (Phi) is 4.79. The summed E-state index contributed by atoms with van der Waals surface area (Å²) < 4.78 is 0. The Morgan fingerprint density at radius 3 is 2.86 bits per heavy atom. The molecule has 0 spiro atoms. The van der Waals surface area contributed by atoms with Crippen LogP contribution in [0.5, 0.6) is 0 Å². The summed E-state index contributed by atoms with van der Waals surface area (Å²) in [6.07, 6.45) is 4.10. The number of aromatic nitrogens is 4. The largest absolute Gasteiger partial charge is 0.343 e. The summed E-state index contributed by atoms with van der Waals surface area (Å²) in [5, 5.41) is 9.59. The number of fused-ring (bicyclic) bond motifs is 1. The molecule has 1 saturated heterocycles. The van der Waals surface area contributed by atoms with E-state index in [1.807, 2.05) is 24.3 Å². The molecule has 0 bridgehead atoms. The second-order valence-corrected chi connectivity index (χ2v) is 6.50. The number of amides is 2. The van der Waals surface area contributed by atoms with Crippen LogP contribution in [0.1, 0.15) is 33.8 Å². The molecule has 2 N–H and O–H groups in total. The lowest BCUT2D eigenvalue weighted by Gasteiger charge is -2.23. The predicted octanol–water partition coefficient (Wildman–Crippen LogP) is 0.957. The van der Waals surface area contributed by atoms with Gasteiger partial charge in [0.2, 0.25) is 11.7 Å². The fourth-order valence-corrected chi connectivity index (χ4v) is 3.47. The van der Waals surface area contributed by atoms with Crippen LogP contribution in [0.25, 0.3) is 10.9 Å². The second-order valence-electron chi connectivity index (χ2n) is 6.50. The first-order valence-corrected chi connectivity index (χ1v) is 8.96. The van der Waals surface area contributed by atoms with E-state index in [1.165, 1.54) is 11.2 Å². The zero-order chi connectivity index (χ0) is 19.5. The molecule has 28 heavy (non-hydrogen) atoms. The molecule has 142 valence electrons. The monoisotopic (exact) mass is 378 g/mol. The molecule has 9 nitrogen and oxygen atoms in total. The van der Waals surface area contributed by atoms with E-state index in [1.54, 1.807) is 12.3 Å². The van der Waals surface area contributed by atoms with Gasteiger partial charge in [0.05, 0.1) is 23.7 Å². The van der Waals surface area contributed by atoms with Gasteiger partial charge in [0.15, 0.2) is 5.82 Å². The van der Waals surface area contributed by atoms with Crippen LogP contribution in [0.3, 0.4) is 0 Å².